The number of para-hydroxylation sites is 1. The SMILES string of the molecule is COc1cccc(Nc2cnc(C(=O)Nc3c(C)cccc3C(C)C)cn2)c1. The lowest BCUT2D eigenvalue weighted by molar-refractivity contribution is 0.102. The normalized spacial score (nSPS) is 10.6. The Kier molecular flexibility index (Phi) is 5.89. The maximum absolute atomic E-state index is 12.6. The largest absolute Gasteiger partial charge is 0.497 e. The summed E-state index contributed by atoms with van der Waals surface area (Å²) < 4.78 is 5.21. The molecule has 0 aliphatic carbocycles. The standard InChI is InChI=1S/C22H24N4O2/c1-14(2)18-10-5-7-15(3)21(18)26-22(27)19-12-24-20(13-23-19)25-16-8-6-9-17(11-16)28-4/h5-14H,1-4H3,(H,24,25)(H,26,27). The molecule has 0 aliphatic rings. The van der Waals surface area contributed by atoms with E-state index < -0.39 is 0 Å². The molecule has 1 heterocycles. The Morgan fingerprint density at radius 3 is 2.54 bits per heavy atom. The molecule has 0 aliphatic heterocycles. The van der Waals surface area contributed by atoms with Gasteiger partial charge in [-0.25, -0.2) is 9.97 Å². The van der Waals surface area contributed by atoms with Crippen LogP contribution in [-0.2, 0) is 0 Å². The predicted octanol–water partition coefficient (Wildman–Crippen LogP) is 4.91. The molecule has 1 amide bonds. The van der Waals surface area contributed by atoms with Gasteiger partial charge in [0.25, 0.3) is 5.91 Å². The van der Waals surface area contributed by atoms with Crippen molar-refractivity contribution in [2.45, 2.75) is 26.7 Å². The second-order valence-electron chi connectivity index (χ2n) is 6.79. The highest BCUT2D eigenvalue weighted by Gasteiger charge is 2.14. The van der Waals surface area contributed by atoms with E-state index in [-0.39, 0.29) is 11.6 Å². The van der Waals surface area contributed by atoms with E-state index in [0.717, 1.165) is 28.3 Å². The molecular weight excluding hydrogens is 352 g/mol. The molecule has 2 aromatic carbocycles. The van der Waals surface area contributed by atoms with E-state index in [9.17, 15) is 4.79 Å². The van der Waals surface area contributed by atoms with Crippen molar-refractivity contribution in [3.8, 4) is 5.75 Å². The number of carbonyl (C=O) groups excluding carboxylic acids is 1. The third kappa shape index (κ3) is 4.46. The summed E-state index contributed by atoms with van der Waals surface area (Å²) in [4.78, 5) is 21.2. The third-order valence-corrected chi connectivity index (χ3v) is 4.39. The average Bonchev–Trinajstić information content (AvgIpc) is 2.70. The van der Waals surface area contributed by atoms with E-state index in [1.54, 1.807) is 7.11 Å². The van der Waals surface area contributed by atoms with Crippen molar-refractivity contribution in [3.63, 3.8) is 0 Å². The van der Waals surface area contributed by atoms with E-state index in [1.165, 1.54) is 12.4 Å². The van der Waals surface area contributed by atoms with Crippen LogP contribution in [0.15, 0.2) is 54.9 Å². The van der Waals surface area contributed by atoms with Gasteiger partial charge in [0.1, 0.15) is 17.3 Å². The van der Waals surface area contributed by atoms with Crippen molar-refractivity contribution < 1.29 is 9.53 Å². The van der Waals surface area contributed by atoms with Crippen LogP contribution >= 0.6 is 0 Å². The number of anilines is 3. The molecule has 0 saturated carbocycles. The monoisotopic (exact) mass is 376 g/mol. The molecule has 0 unspecified atom stereocenters. The lowest BCUT2D eigenvalue weighted by Crippen LogP contribution is -2.16. The second-order valence-corrected chi connectivity index (χ2v) is 6.79. The van der Waals surface area contributed by atoms with Gasteiger partial charge < -0.3 is 15.4 Å². The first-order chi connectivity index (χ1) is 13.5. The van der Waals surface area contributed by atoms with Gasteiger partial charge in [-0.05, 0) is 36.1 Å². The summed E-state index contributed by atoms with van der Waals surface area (Å²) in [5.74, 6) is 1.31. The molecule has 1 aromatic heterocycles. The van der Waals surface area contributed by atoms with Crippen LogP contribution in [0.25, 0.3) is 0 Å². The Hall–Kier alpha value is -3.41. The summed E-state index contributed by atoms with van der Waals surface area (Å²) in [5.41, 5.74) is 4.03. The lowest BCUT2D eigenvalue weighted by atomic mass is 9.98. The fourth-order valence-electron chi connectivity index (χ4n) is 2.88. The van der Waals surface area contributed by atoms with Gasteiger partial charge >= 0.3 is 0 Å². The topological polar surface area (TPSA) is 76.1 Å². The molecule has 6 nitrogen and oxygen atoms in total. The Bertz CT molecular complexity index is 969. The zero-order valence-electron chi connectivity index (χ0n) is 16.5. The summed E-state index contributed by atoms with van der Waals surface area (Å²) >= 11 is 0. The minimum atomic E-state index is -0.281. The van der Waals surface area contributed by atoms with E-state index in [1.807, 2.05) is 49.4 Å². The van der Waals surface area contributed by atoms with Gasteiger partial charge in [-0.1, -0.05) is 38.1 Å². The number of hydrogen-bond donors (Lipinski definition) is 2. The maximum atomic E-state index is 12.6. The predicted molar refractivity (Wildman–Crippen MR) is 112 cm³/mol. The van der Waals surface area contributed by atoms with Gasteiger partial charge in [0.2, 0.25) is 0 Å². The van der Waals surface area contributed by atoms with Gasteiger partial charge in [-0.15, -0.1) is 0 Å². The highest BCUT2D eigenvalue weighted by molar-refractivity contribution is 6.03. The zero-order valence-corrected chi connectivity index (χ0v) is 16.5. The van der Waals surface area contributed by atoms with Crippen molar-refractivity contribution in [1.82, 2.24) is 9.97 Å². The van der Waals surface area contributed by atoms with Crippen LogP contribution < -0.4 is 15.4 Å². The van der Waals surface area contributed by atoms with Crippen LogP contribution in [0.2, 0.25) is 0 Å². The number of hydrogen-bond acceptors (Lipinski definition) is 5. The quantitative estimate of drug-likeness (QED) is 0.639. The van der Waals surface area contributed by atoms with Crippen LogP contribution in [0.5, 0.6) is 5.75 Å². The number of carbonyl (C=O) groups is 1. The summed E-state index contributed by atoms with van der Waals surface area (Å²) in [7, 11) is 1.62. The molecule has 3 aromatic rings. The molecule has 2 N–H and O–H groups in total. The van der Waals surface area contributed by atoms with Crippen molar-refractivity contribution in [2.75, 3.05) is 17.7 Å². The van der Waals surface area contributed by atoms with E-state index in [4.69, 9.17) is 4.74 Å². The molecule has 0 bridgehead atoms. The third-order valence-electron chi connectivity index (χ3n) is 4.39. The van der Waals surface area contributed by atoms with Crippen LogP contribution in [-0.4, -0.2) is 23.0 Å². The van der Waals surface area contributed by atoms with Crippen LogP contribution in [0.1, 0.15) is 41.4 Å². The second kappa shape index (κ2) is 8.52. The first-order valence-corrected chi connectivity index (χ1v) is 9.12. The van der Waals surface area contributed by atoms with Crippen LogP contribution in [0, 0.1) is 6.92 Å². The highest BCUT2D eigenvalue weighted by atomic mass is 16.5. The lowest BCUT2D eigenvalue weighted by Gasteiger charge is -2.16. The van der Waals surface area contributed by atoms with Crippen LogP contribution in [0.3, 0.4) is 0 Å². The van der Waals surface area contributed by atoms with Crippen molar-refractivity contribution in [1.29, 1.82) is 0 Å². The van der Waals surface area contributed by atoms with Crippen molar-refractivity contribution >= 4 is 23.1 Å². The number of aromatic nitrogens is 2. The van der Waals surface area contributed by atoms with Crippen molar-refractivity contribution in [2.24, 2.45) is 0 Å². The Labute approximate surface area is 165 Å². The van der Waals surface area contributed by atoms with E-state index in [2.05, 4.69) is 34.4 Å². The zero-order chi connectivity index (χ0) is 20.1. The Morgan fingerprint density at radius 1 is 1.07 bits per heavy atom. The first kappa shape index (κ1) is 19.4. The van der Waals surface area contributed by atoms with Gasteiger partial charge in [0.15, 0.2) is 0 Å². The molecule has 144 valence electrons. The number of aryl methyl sites for hydroxylation is 1. The number of nitrogens with zero attached hydrogens (tertiary/aromatic N) is 2. The summed E-state index contributed by atoms with van der Waals surface area (Å²) in [6.07, 6.45) is 3.00. The minimum Gasteiger partial charge on any atom is -0.497 e. The number of amides is 1. The van der Waals surface area contributed by atoms with E-state index in [0.29, 0.717) is 11.7 Å². The van der Waals surface area contributed by atoms with Gasteiger partial charge in [-0.2, -0.15) is 0 Å². The fraction of sp³-hybridized carbons (Fsp3) is 0.227. The number of nitrogens with one attached hydrogen (secondary N) is 2. The first-order valence-electron chi connectivity index (χ1n) is 9.12. The van der Waals surface area contributed by atoms with Crippen LogP contribution in [0.4, 0.5) is 17.2 Å². The molecule has 0 spiro atoms. The summed E-state index contributed by atoms with van der Waals surface area (Å²) in [6.45, 7) is 6.18. The smallest absolute Gasteiger partial charge is 0.275 e. The molecule has 3 rings (SSSR count). The molecule has 28 heavy (non-hydrogen) atoms. The van der Waals surface area contributed by atoms with Gasteiger partial charge in [0, 0.05) is 17.4 Å². The maximum Gasteiger partial charge on any atom is 0.275 e. The average molecular weight is 376 g/mol. The Balaban J connectivity index is 1.74. The summed E-state index contributed by atoms with van der Waals surface area (Å²) in [6, 6.07) is 13.5. The Morgan fingerprint density at radius 2 is 1.86 bits per heavy atom. The number of benzene rings is 2. The fourth-order valence-corrected chi connectivity index (χ4v) is 2.88. The number of ether oxygens (including phenoxy) is 1. The molecule has 0 atom stereocenters. The minimum absolute atomic E-state index is 0.258. The van der Waals surface area contributed by atoms with E-state index >= 15 is 0 Å². The van der Waals surface area contributed by atoms with Gasteiger partial charge in [0.05, 0.1) is 19.5 Å². The van der Waals surface area contributed by atoms with Gasteiger partial charge in [-0.3, -0.25) is 4.79 Å². The molecule has 0 fully saturated rings. The summed E-state index contributed by atoms with van der Waals surface area (Å²) in [5, 5.41) is 6.12. The van der Waals surface area contributed by atoms with Crippen molar-refractivity contribution in [3.05, 3.63) is 71.7 Å². The molecule has 6 heteroatoms. The number of rotatable bonds is 6. The highest BCUT2D eigenvalue weighted by Crippen LogP contribution is 2.27. The number of methoxy groups -OCH3 is 1. The molecular formula is C22H24N4O2. The molecule has 0 radical (unpaired) electrons. The molecule has 0 saturated heterocycles.